The van der Waals surface area contributed by atoms with Crippen molar-refractivity contribution < 1.29 is 14.7 Å². The van der Waals surface area contributed by atoms with Crippen molar-refractivity contribution in [2.24, 2.45) is 7.05 Å². The second kappa shape index (κ2) is 7.38. The number of amides is 2. The minimum Gasteiger partial charge on any atom is -0.478 e. The zero-order chi connectivity index (χ0) is 17.8. The normalized spacial score (nSPS) is 15.2. The molecule has 2 aromatic rings. The molecule has 25 heavy (non-hydrogen) atoms. The molecule has 2 heterocycles. The van der Waals surface area contributed by atoms with Crippen LogP contribution >= 0.6 is 0 Å². The predicted molar refractivity (Wildman–Crippen MR) is 92.4 cm³/mol. The third kappa shape index (κ3) is 4.17. The summed E-state index contributed by atoms with van der Waals surface area (Å²) in [6.45, 7) is 1.84. The number of carbonyl (C=O) groups is 2. The monoisotopic (exact) mass is 342 g/mol. The molecule has 0 atom stereocenters. The topological polar surface area (TPSA) is 87.5 Å². The van der Waals surface area contributed by atoms with Crippen LogP contribution < -0.4 is 5.32 Å². The van der Waals surface area contributed by atoms with Crippen LogP contribution in [0.15, 0.2) is 36.7 Å². The lowest BCUT2D eigenvalue weighted by Crippen LogP contribution is -2.43. The summed E-state index contributed by atoms with van der Waals surface area (Å²) >= 11 is 0. The number of hydrogen-bond donors (Lipinski definition) is 2. The Bertz CT molecular complexity index is 746. The number of aromatic carboxylic acids is 1. The molecule has 1 saturated heterocycles. The zero-order valence-corrected chi connectivity index (χ0v) is 14.2. The lowest BCUT2D eigenvalue weighted by atomic mass is 9.92. The van der Waals surface area contributed by atoms with Gasteiger partial charge < -0.3 is 15.3 Å². The summed E-state index contributed by atoms with van der Waals surface area (Å²) in [6, 6.07) is 6.45. The predicted octanol–water partition coefficient (Wildman–Crippen LogP) is 2.21. The lowest BCUT2D eigenvalue weighted by molar-refractivity contribution is 0.0697. The van der Waals surface area contributed by atoms with E-state index >= 15 is 0 Å². The minimum atomic E-state index is -0.952. The smallest absolute Gasteiger partial charge is 0.335 e. The maximum absolute atomic E-state index is 12.3. The van der Waals surface area contributed by atoms with Gasteiger partial charge in [0.05, 0.1) is 11.8 Å². The van der Waals surface area contributed by atoms with Crippen molar-refractivity contribution in [1.29, 1.82) is 0 Å². The van der Waals surface area contributed by atoms with Gasteiger partial charge in [0.1, 0.15) is 0 Å². The van der Waals surface area contributed by atoms with Crippen molar-refractivity contribution in [2.75, 3.05) is 13.1 Å². The van der Waals surface area contributed by atoms with E-state index in [2.05, 4.69) is 10.4 Å². The highest BCUT2D eigenvalue weighted by Crippen LogP contribution is 2.27. The molecule has 0 aliphatic carbocycles. The number of rotatable bonds is 4. The summed E-state index contributed by atoms with van der Waals surface area (Å²) in [6.07, 6.45) is 5.82. The number of aryl methyl sites for hydroxylation is 1. The van der Waals surface area contributed by atoms with E-state index in [1.54, 1.807) is 24.3 Å². The first-order valence-corrected chi connectivity index (χ1v) is 8.36. The number of hydrogen-bond acceptors (Lipinski definition) is 3. The summed E-state index contributed by atoms with van der Waals surface area (Å²) in [5.74, 6) is -0.492. The molecule has 1 aliphatic heterocycles. The Morgan fingerprint density at radius 3 is 2.48 bits per heavy atom. The largest absolute Gasteiger partial charge is 0.478 e. The summed E-state index contributed by atoms with van der Waals surface area (Å²) in [7, 11) is 1.91. The second-order valence-corrected chi connectivity index (χ2v) is 6.37. The molecule has 3 rings (SSSR count). The first-order chi connectivity index (χ1) is 12.0. The van der Waals surface area contributed by atoms with Gasteiger partial charge in [-0.15, -0.1) is 0 Å². The van der Waals surface area contributed by atoms with Crippen LogP contribution in [0, 0.1) is 0 Å². The van der Waals surface area contributed by atoms with Crippen molar-refractivity contribution in [1.82, 2.24) is 20.0 Å². The van der Waals surface area contributed by atoms with E-state index in [0.717, 1.165) is 31.5 Å². The lowest BCUT2D eigenvalue weighted by Gasteiger charge is -2.31. The number of carboxylic acid groups (broad SMARTS) is 1. The SMILES string of the molecule is Cn1cc(C2CCN(C(=O)NCc3ccc(C(=O)O)cc3)CC2)cn1. The number of carboxylic acids is 1. The number of benzene rings is 1. The molecule has 0 unspecified atom stereocenters. The Hall–Kier alpha value is -2.83. The number of nitrogens with one attached hydrogen (secondary N) is 1. The maximum atomic E-state index is 12.3. The zero-order valence-electron chi connectivity index (χ0n) is 14.2. The quantitative estimate of drug-likeness (QED) is 0.892. The molecule has 1 aliphatic rings. The Labute approximate surface area is 146 Å². The van der Waals surface area contributed by atoms with E-state index in [1.807, 2.05) is 29.0 Å². The summed E-state index contributed by atoms with van der Waals surface area (Å²) < 4.78 is 1.81. The number of aromatic nitrogens is 2. The Morgan fingerprint density at radius 2 is 1.92 bits per heavy atom. The highest BCUT2D eigenvalue weighted by atomic mass is 16.4. The fourth-order valence-electron chi connectivity index (χ4n) is 3.12. The number of carbonyl (C=O) groups excluding carboxylic acids is 1. The summed E-state index contributed by atoms with van der Waals surface area (Å²) in [5.41, 5.74) is 2.36. The Morgan fingerprint density at radius 1 is 1.24 bits per heavy atom. The number of likely N-dealkylation sites (tertiary alicyclic amines) is 1. The van der Waals surface area contributed by atoms with Crippen LogP contribution in [0.4, 0.5) is 4.79 Å². The van der Waals surface area contributed by atoms with Gasteiger partial charge in [-0.25, -0.2) is 9.59 Å². The Kier molecular flexibility index (Phi) is 5.02. The van der Waals surface area contributed by atoms with Gasteiger partial charge in [-0.3, -0.25) is 4.68 Å². The molecule has 1 aromatic carbocycles. The van der Waals surface area contributed by atoms with E-state index in [9.17, 15) is 9.59 Å². The molecule has 0 bridgehead atoms. The van der Waals surface area contributed by atoms with Gasteiger partial charge in [0, 0.05) is 32.9 Å². The molecule has 7 heteroatoms. The van der Waals surface area contributed by atoms with Crippen LogP contribution in [0.2, 0.25) is 0 Å². The molecule has 0 spiro atoms. The van der Waals surface area contributed by atoms with Crippen LogP contribution in [-0.4, -0.2) is 44.9 Å². The van der Waals surface area contributed by atoms with Gasteiger partial charge in [0.15, 0.2) is 0 Å². The van der Waals surface area contributed by atoms with Crippen LogP contribution in [-0.2, 0) is 13.6 Å². The molecule has 132 valence electrons. The van der Waals surface area contributed by atoms with Crippen molar-refractivity contribution in [3.8, 4) is 0 Å². The average Bonchev–Trinajstić information content (AvgIpc) is 3.06. The first-order valence-electron chi connectivity index (χ1n) is 8.36. The Balaban J connectivity index is 1.47. The van der Waals surface area contributed by atoms with Crippen molar-refractivity contribution in [3.05, 3.63) is 53.3 Å². The van der Waals surface area contributed by atoms with Gasteiger partial charge in [-0.2, -0.15) is 5.10 Å². The standard InChI is InChI=1S/C18H22N4O3/c1-21-12-16(11-20-21)14-6-8-22(9-7-14)18(25)19-10-13-2-4-15(5-3-13)17(23)24/h2-5,11-12,14H,6-10H2,1H3,(H,19,25)(H,23,24). The summed E-state index contributed by atoms with van der Waals surface area (Å²) in [4.78, 5) is 25.0. The number of piperidine rings is 1. The molecule has 7 nitrogen and oxygen atoms in total. The molecular weight excluding hydrogens is 320 g/mol. The highest BCUT2D eigenvalue weighted by molar-refractivity contribution is 5.87. The number of urea groups is 1. The van der Waals surface area contributed by atoms with Crippen molar-refractivity contribution >= 4 is 12.0 Å². The molecule has 0 radical (unpaired) electrons. The molecule has 2 amide bonds. The first kappa shape index (κ1) is 17.0. The molecule has 0 saturated carbocycles. The van der Waals surface area contributed by atoms with Gasteiger partial charge in [0.2, 0.25) is 0 Å². The maximum Gasteiger partial charge on any atom is 0.335 e. The van der Waals surface area contributed by atoms with Crippen molar-refractivity contribution in [2.45, 2.75) is 25.3 Å². The molecular formula is C18H22N4O3. The second-order valence-electron chi connectivity index (χ2n) is 6.37. The summed E-state index contributed by atoms with van der Waals surface area (Å²) in [5, 5.41) is 16.0. The number of nitrogens with zero attached hydrogens (tertiary/aromatic N) is 3. The fourth-order valence-corrected chi connectivity index (χ4v) is 3.12. The minimum absolute atomic E-state index is 0.0769. The third-order valence-electron chi connectivity index (χ3n) is 4.62. The molecule has 1 aromatic heterocycles. The average molecular weight is 342 g/mol. The van der Waals surface area contributed by atoms with Crippen LogP contribution in [0.5, 0.6) is 0 Å². The van der Waals surface area contributed by atoms with Gasteiger partial charge in [-0.1, -0.05) is 12.1 Å². The molecule has 1 fully saturated rings. The third-order valence-corrected chi connectivity index (χ3v) is 4.62. The van der Waals surface area contributed by atoms with Crippen molar-refractivity contribution in [3.63, 3.8) is 0 Å². The van der Waals surface area contributed by atoms with Crippen LogP contribution in [0.25, 0.3) is 0 Å². The van der Waals surface area contributed by atoms with E-state index < -0.39 is 5.97 Å². The van der Waals surface area contributed by atoms with Crippen LogP contribution in [0.3, 0.4) is 0 Å². The molecule has 2 N–H and O–H groups in total. The van der Waals surface area contributed by atoms with Gasteiger partial charge >= 0.3 is 12.0 Å². The fraction of sp³-hybridized carbons (Fsp3) is 0.389. The van der Waals surface area contributed by atoms with E-state index in [4.69, 9.17) is 5.11 Å². The van der Waals surface area contributed by atoms with Gasteiger partial charge in [-0.05, 0) is 42.0 Å². The van der Waals surface area contributed by atoms with E-state index in [-0.39, 0.29) is 11.6 Å². The van der Waals surface area contributed by atoms with E-state index in [1.165, 1.54) is 5.56 Å². The highest BCUT2D eigenvalue weighted by Gasteiger charge is 2.24. The van der Waals surface area contributed by atoms with Gasteiger partial charge in [0.25, 0.3) is 0 Å². The van der Waals surface area contributed by atoms with Crippen LogP contribution in [0.1, 0.15) is 40.2 Å². The van der Waals surface area contributed by atoms with E-state index in [0.29, 0.717) is 12.5 Å².